The molecule has 0 aliphatic heterocycles. The molecule has 2 rings (SSSR count). The van der Waals surface area contributed by atoms with Crippen molar-refractivity contribution in [1.82, 2.24) is 0 Å². The first kappa shape index (κ1) is 15.8. The first-order valence-corrected chi connectivity index (χ1v) is 8.09. The van der Waals surface area contributed by atoms with E-state index in [-0.39, 0.29) is 0 Å². The minimum absolute atomic E-state index is 0.635. The predicted octanol–water partition coefficient (Wildman–Crippen LogP) is 4.76. The van der Waals surface area contributed by atoms with Crippen molar-refractivity contribution in [1.29, 1.82) is 0 Å². The number of methoxy groups -OCH3 is 1. The second kappa shape index (κ2) is 6.45. The van der Waals surface area contributed by atoms with Crippen LogP contribution in [-0.4, -0.2) is 12.2 Å². The maximum absolute atomic E-state index is 10.7. The third kappa shape index (κ3) is 3.18. The number of aliphatic hydroxyl groups is 1. The zero-order chi connectivity index (χ0) is 14.9. The molecule has 0 radical (unpaired) electrons. The van der Waals surface area contributed by atoms with Gasteiger partial charge in [-0.15, -0.1) is 0 Å². The van der Waals surface area contributed by atoms with E-state index in [1.54, 1.807) is 7.11 Å². The van der Waals surface area contributed by atoms with E-state index in [9.17, 15) is 5.11 Å². The lowest BCUT2D eigenvalue weighted by atomic mass is 9.95. The van der Waals surface area contributed by atoms with Crippen LogP contribution in [0.1, 0.15) is 28.4 Å². The molecule has 1 N–H and O–H groups in total. The highest BCUT2D eigenvalue weighted by molar-refractivity contribution is 14.1. The fraction of sp³-hybridized carbons (Fsp3) is 0.250. The summed E-state index contributed by atoms with van der Waals surface area (Å²) in [5, 5.41) is 10.7. The molecule has 0 bridgehead atoms. The average Bonchev–Trinajstić information content (AvgIpc) is 2.42. The van der Waals surface area contributed by atoms with E-state index in [1.165, 1.54) is 0 Å². The van der Waals surface area contributed by atoms with Gasteiger partial charge in [-0.3, -0.25) is 0 Å². The average molecular weight is 447 g/mol. The van der Waals surface area contributed by atoms with Gasteiger partial charge in [0.15, 0.2) is 0 Å². The minimum atomic E-state index is -0.635. The van der Waals surface area contributed by atoms with Crippen LogP contribution in [0.3, 0.4) is 0 Å². The summed E-state index contributed by atoms with van der Waals surface area (Å²) >= 11 is 5.71. The molecule has 4 heteroatoms. The Morgan fingerprint density at radius 3 is 2.45 bits per heavy atom. The van der Waals surface area contributed by atoms with Crippen molar-refractivity contribution in [2.24, 2.45) is 0 Å². The first-order chi connectivity index (χ1) is 9.43. The standard InChI is InChI=1S/C16H16BrIO2/c1-9-7-15(20-3)10(2)6-12(9)16(19)13-8-11(17)4-5-14(13)18/h4-8,16,19H,1-3H3. The van der Waals surface area contributed by atoms with Gasteiger partial charge in [-0.25, -0.2) is 0 Å². The molecule has 0 saturated heterocycles. The van der Waals surface area contributed by atoms with Gasteiger partial charge in [-0.2, -0.15) is 0 Å². The Balaban J connectivity index is 2.50. The molecular formula is C16H16BrIO2. The van der Waals surface area contributed by atoms with E-state index in [4.69, 9.17) is 4.74 Å². The Kier molecular flexibility index (Phi) is 5.09. The molecule has 2 nitrogen and oxygen atoms in total. The number of benzene rings is 2. The maximum atomic E-state index is 10.7. The number of aliphatic hydroxyl groups excluding tert-OH is 1. The van der Waals surface area contributed by atoms with Crippen LogP contribution in [0.4, 0.5) is 0 Å². The van der Waals surface area contributed by atoms with Gasteiger partial charge in [0.25, 0.3) is 0 Å². The lowest BCUT2D eigenvalue weighted by Gasteiger charge is -2.18. The molecule has 0 saturated carbocycles. The van der Waals surface area contributed by atoms with Crippen molar-refractivity contribution in [2.75, 3.05) is 7.11 Å². The molecule has 0 aromatic heterocycles. The molecule has 0 amide bonds. The van der Waals surface area contributed by atoms with E-state index in [1.807, 2.05) is 44.2 Å². The van der Waals surface area contributed by atoms with Crippen LogP contribution in [0.25, 0.3) is 0 Å². The zero-order valence-corrected chi connectivity index (χ0v) is 15.3. The Bertz CT molecular complexity index is 641. The molecular weight excluding hydrogens is 431 g/mol. The van der Waals surface area contributed by atoms with Gasteiger partial charge in [0.1, 0.15) is 11.9 Å². The van der Waals surface area contributed by atoms with Gasteiger partial charge in [0.2, 0.25) is 0 Å². The monoisotopic (exact) mass is 446 g/mol. The summed E-state index contributed by atoms with van der Waals surface area (Å²) in [7, 11) is 1.66. The number of hydrogen-bond donors (Lipinski definition) is 1. The van der Waals surface area contributed by atoms with Gasteiger partial charge in [0.05, 0.1) is 7.11 Å². The molecule has 0 aliphatic carbocycles. The molecule has 0 aliphatic rings. The van der Waals surface area contributed by atoms with Crippen LogP contribution in [0.5, 0.6) is 5.75 Å². The summed E-state index contributed by atoms with van der Waals surface area (Å²) in [4.78, 5) is 0. The third-order valence-corrected chi connectivity index (χ3v) is 4.81. The fourth-order valence-electron chi connectivity index (χ4n) is 2.22. The van der Waals surface area contributed by atoms with Crippen molar-refractivity contribution < 1.29 is 9.84 Å². The summed E-state index contributed by atoms with van der Waals surface area (Å²) in [6, 6.07) is 9.90. The minimum Gasteiger partial charge on any atom is -0.496 e. The van der Waals surface area contributed by atoms with Crippen molar-refractivity contribution in [2.45, 2.75) is 20.0 Å². The lowest BCUT2D eigenvalue weighted by molar-refractivity contribution is 0.218. The quantitative estimate of drug-likeness (QED) is 0.688. The van der Waals surface area contributed by atoms with Crippen molar-refractivity contribution in [3.05, 3.63) is 60.6 Å². The Morgan fingerprint density at radius 2 is 1.80 bits per heavy atom. The number of ether oxygens (including phenoxy) is 1. The molecule has 2 aromatic carbocycles. The van der Waals surface area contributed by atoms with Crippen LogP contribution >= 0.6 is 38.5 Å². The fourth-order valence-corrected chi connectivity index (χ4v) is 3.23. The number of halogens is 2. The van der Waals surface area contributed by atoms with E-state index >= 15 is 0 Å². The van der Waals surface area contributed by atoms with Crippen molar-refractivity contribution in [3.8, 4) is 5.75 Å². The topological polar surface area (TPSA) is 29.5 Å². The Labute approximate surface area is 141 Å². The second-order valence-electron chi connectivity index (χ2n) is 4.75. The normalized spacial score (nSPS) is 12.3. The van der Waals surface area contributed by atoms with Crippen LogP contribution in [0.2, 0.25) is 0 Å². The molecule has 106 valence electrons. The van der Waals surface area contributed by atoms with Crippen molar-refractivity contribution in [3.63, 3.8) is 0 Å². The number of hydrogen-bond acceptors (Lipinski definition) is 2. The van der Waals surface area contributed by atoms with Gasteiger partial charge in [-0.05, 0) is 89.0 Å². The Morgan fingerprint density at radius 1 is 1.10 bits per heavy atom. The summed E-state index contributed by atoms with van der Waals surface area (Å²) < 4.78 is 7.33. The molecule has 1 atom stereocenters. The highest BCUT2D eigenvalue weighted by Gasteiger charge is 2.17. The smallest absolute Gasteiger partial charge is 0.122 e. The van der Waals surface area contributed by atoms with Crippen LogP contribution in [0, 0.1) is 17.4 Å². The molecule has 2 aromatic rings. The van der Waals surface area contributed by atoms with Crippen molar-refractivity contribution >= 4 is 38.5 Å². The lowest BCUT2D eigenvalue weighted by Crippen LogP contribution is -2.05. The van der Waals surface area contributed by atoms with E-state index in [0.29, 0.717) is 0 Å². The highest BCUT2D eigenvalue weighted by atomic mass is 127. The number of rotatable bonds is 3. The molecule has 20 heavy (non-hydrogen) atoms. The molecule has 0 fully saturated rings. The number of aryl methyl sites for hydroxylation is 2. The van der Waals surface area contributed by atoms with E-state index < -0.39 is 6.10 Å². The van der Waals surface area contributed by atoms with Crippen LogP contribution < -0.4 is 4.74 Å². The maximum Gasteiger partial charge on any atom is 0.122 e. The largest absolute Gasteiger partial charge is 0.496 e. The third-order valence-electron chi connectivity index (χ3n) is 3.33. The zero-order valence-electron chi connectivity index (χ0n) is 11.6. The van der Waals surface area contributed by atoms with Crippen LogP contribution in [-0.2, 0) is 0 Å². The SMILES string of the molecule is COc1cc(C)c(C(O)c2cc(Br)ccc2I)cc1C. The first-order valence-electron chi connectivity index (χ1n) is 6.22. The van der Waals surface area contributed by atoms with Gasteiger partial charge in [0, 0.05) is 8.04 Å². The summed E-state index contributed by atoms with van der Waals surface area (Å²) in [6.07, 6.45) is -0.635. The molecule has 0 spiro atoms. The van der Waals surface area contributed by atoms with E-state index in [0.717, 1.165) is 36.0 Å². The van der Waals surface area contributed by atoms with Crippen LogP contribution in [0.15, 0.2) is 34.8 Å². The Hall–Kier alpha value is -0.590. The summed E-state index contributed by atoms with van der Waals surface area (Å²) in [5.41, 5.74) is 3.87. The summed E-state index contributed by atoms with van der Waals surface area (Å²) in [6.45, 7) is 3.98. The van der Waals surface area contributed by atoms with E-state index in [2.05, 4.69) is 38.5 Å². The highest BCUT2D eigenvalue weighted by Crippen LogP contribution is 2.33. The van der Waals surface area contributed by atoms with Gasteiger partial charge >= 0.3 is 0 Å². The summed E-state index contributed by atoms with van der Waals surface area (Å²) in [5.74, 6) is 0.849. The van der Waals surface area contributed by atoms with Gasteiger partial charge < -0.3 is 9.84 Å². The predicted molar refractivity (Wildman–Crippen MR) is 93.4 cm³/mol. The molecule has 0 heterocycles. The molecule has 1 unspecified atom stereocenters. The van der Waals surface area contributed by atoms with Gasteiger partial charge in [-0.1, -0.05) is 15.9 Å². The second-order valence-corrected chi connectivity index (χ2v) is 6.82.